The molecule has 0 radical (unpaired) electrons. The molecule has 3 aliphatic heterocycles. The maximum Gasteiger partial charge on any atom is 0.202 e. The summed E-state index contributed by atoms with van der Waals surface area (Å²) in [7, 11) is 2.12. The maximum absolute atomic E-state index is 14.6. The summed E-state index contributed by atoms with van der Waals surface area (Å²) in [5, 5.41) is 0.158. The van der Waals surface area contributed by atoms with E-state index in [-0.39, 0.29) is 35.3 Å². The summed E-state index contributed by atoms with van der Waals surface area (Å²) < 4.78 is 36.6. The van der Waals surface area contributed by atoms with E-state index in [1.54, 1.807) is 0 Å². The van der Waals surface area contributed by atoms with Crippen molar-refractivity contribution in [3.8, 4) is 5.75 Å². The summed E-state index contributed by atoms with van der Waals surface area (Å²) in [6.07, 6.45) is 10.1. The van der Waals surface area contributed by atoms with Gasteiger partial charge in [-0.05, 0) is 69.5 Å². The summed E-state index contributed by atoms with van der Waals surface area (Å²) in [4.78, 5) is 25.3. The van der Waals surface area contributed by atoms with E-state index >= 15 is 0 Å². The molecule has 0 aliphatic carbocycles. The molecule has 0 bridgehead atoms. The van der Waals surface area contributed by atoms with Crippen LogP contribution in [0.1, 0.15) is 49.6 Å². The first-order valence-electron chi connectivity index (χ1n) is 14.4. The topological polar surface area (TPSA) is 53.8 Å². The predicted molar refractivity (Wildman–Crippen MR) is 156 cm³/mol. The number of allylic oxidation sites excluding steroid dienone is 3. The van der Waals surface area contributed by atoms with Gasteiger partial charge < -0.3 is 19.1 Å². The molecule has 3 aromatic rings. The van der Waals surface area contributed by atoms with Crippen LogP contribution >= 0.6 is 0 Å². The SMILES string of the molecule is CC1=CC=C(N2CCC[C@H](N(Cc3ccnc(C)c3)Cc3cn4c5c(c(F)c(F)cc5c3=O)OCC4C)C2)CN1C. The lowest BCUT2D eigenvalue weighted by molar-refractivity contribution is 0.0984. The van der Waals surface area contributed by atoms with Crippen molar-refractivity contribution in [3.05, 3.63) is 92.8 Å². The van der Waals surface area contributed by atoms with Gasteiger partial charge in [-0.2, -0.15) is 4.39 Å². The second-order valence-electron chi connectivity index (χ2n) is 11.7. The fraction of sp³-hybridized carbons (Fsp3) is 0.438. The average molecular weight is 562 g/mol. The van der Waals surface area contributed by atoms with E-state index in [9.17, 15) is 13.6 Å². The number of ether oxygens (including phenoxy) is 1. The largest absolute Gasteiger partial charge is 0.486 e. The van der Waals surface area contributed by atoms with Gasteiger partial charge in [-0.1, -0.05) is 0 Å². The van der Waals surface area contributed by atoms with Gasteiger partial charge in [0.15, 0.2) is 17.0 Å². The van der Waals surface area contributed by atoms with Crippen LogP contribution in [0.2, 0.25) is 0 Å². The molecule has 0 saturated carbocycles. The zero-order valence-electron chi connectivity index (χ0n) is 24.2. The number of pyridine rings is 2. The minimum Gasteiger partial charge on any atom is -0.486 e. The molecule has 1 unspecified atom stereocenters. The Kier molecular flexibility index (Phi) is 7.32. The van der Waals surface area contributed by atoms with Crippen molar-refractivity contribution in [3.63, 3.8) is 0 Å². The van der Waals surface area contributed by atoms with Crippen molar-refractivity contribution in [2.45, 2.75) is 58.8 Å². The molecule has 3 aliphatic rings. The van der Waals surface area contributed by atoms with Crippen LogP contribution in [0.3, 0.4) is 0 Å². The first kappa shape index (κ1) is 27.4. The molecule has 1 fully saturated rings. The van der Waals surface area contributed by atoms with Crippen LogP contribution in [0.4, 0.5) is 8.78 Å². The number of piperidine rings is 1. The Hall–Kier alpha value is -3.72. The summed E-state index contributed by atoms with van der Waals surface area (Å²) in [6.45, 7) is 10.0. The molecule has 1 saturated heterocycles. The smallest absolute Gasteiger partial charge is 0.202 e. The van der Waals surface area contributed by atoms with E-state index in [0.717, 1.165) is 49.8 Å². The van der Waals surface area contributed by atoms with Gasteiger partial charge in [0.25, 0.3) is 0 Å². The number of hydrogen-bond acceptors (Lipinski definition) is 6. The number of nitrogens with zero attached hydrogens (tertiary/aromatic N) is 5. The number of aryl methyl sites for hydroxylation is 1. The number of hydrogen-bond donors (Lipinski definition) is 0. The highest BCUT2D eigenvalue weighted by Gasteiger charge is 2.31. The van der Waals surface area contributed by atoms with Gasteiger partial charge in [0.1, 0.15) is 6.61 Å². The van der Waals surface area contributed by atoms with Crippen molar-refractivity contribution in [1.29, 1.82) is 0 Å². The second kappa shape index (κ2) is 10.9. The molecule has 0 spiro atoms. The Morgan fingerprint density at radius 3 is 2.78 bits per heavy atom. The minimum absolute atomic E-state index is 0.123. The normalized spacial score (nSPS) is 20.8. The number of likely N-dealkylation sites (tertiary alicyclic amines) is 1. The van der Waals surface area contributed by atoms with E-state index in [0.29, 0.717) is 24.2 Å². The lowest BCUT2D eigenvalue weighted by Gasteiger charge is -2.43. The van der Waals surface area contributed by atoms with Gasteiger partial charge in [0, 0.05) is 74.3 Å². The van der Waals surface area contributed by atoms with Crippen LogP contribution in [0, 0.1) is 18.6 Å². The fourth-order valence-electron chi connectivity index (χ4n) is 6.32. The molecule has 5 heterocycles. The molecule has 2 aromatic heterocycles. The number of likely N-dealkylation sites (N-methyl/N-ethyl adjacent to an activating group) is 1. The Bertz CT molecular complexity index is 1610. The quantitative estimate of drug-likeness (QED) is 0.416. The molecule has 7 nitrogen and oxygen atoms in total. The lowest BCUT2D eigenvalue weighted by atomic mass is 10.00. The van der Waals surface area contributed by atoms with Gasteiger partial charge in [0.05, 0.1) is 23.5 Å². The summed E-state index contributed by atoms with van der Waals surface area (Å²) >= 11 is 0. The van der Waals surface area contributed by atoms with Crippen LogP contribution in [-0.2, 0) is 13.1 Å². The molecule has 0 amide bonds. The molecule has 9 heteroatoms. The van der Waals surface area contributed by atoms with E-state index < -0.39 is 11.6 Å². The third-order valence-corrected chi connectivity index (χ3v) is 8.74. The first-order chi connectivity index (χ1) is 19.7. The van der Waals surface area contributed by atoms with E-state index in [2.05, 4.69) is 51.9 Å². The standard InChI is InChI=1S/C32H37F2N5O2/c1-20-12-23(9-10-35-20)14-38(25-6-5-11-37(18-25)26-8-7-21(2)36(4)17-26)15-24-16-39-22(3)19-41-32-29(34)28(33)13-27(30(32)39)31(24)40/h7-10,12-13,16,22,25H,5-6,11,14-15,17-19H2,1-4H3/t22?,25-/m0/s1. The number of aromatic nitrogens is 2. The second-order valence-corrected chi connectivity index (χ2v) is 11.7. The van der Waals surface area contributed by atoms with E-state index in [4.69, 9.17) is 4.74 Å². The van der Waals surface area contributed by atoms with Gasteiger partial charge in [0.2, 0.25) is 5.82 Å². The number of benzene rings is 1. The van der Waals surface area contributed by atoms with E-state index in [1.165, 1.54) is 11.4 Å². The molecule has 216 valence electrons. The highest BCUT2D eigenvalue weighted by Crippen LogP contribution is 2.35. The van der Waals surface area contributed by atoms with Crippen LogP contribution in [0.15, 0.2) is 58.9 Å². The fourth-order valence-corrected chi connectivity index (χ4v) is 6.32. The Morgan fingerprint density at radius 2 is 2.00 bits per heavy atom. The zero-order chi connectivity index (χ0) is 28.8. The van der Waals surface area contributed by atoms with Crippen molar-refractivity contribution in [2.24, 2.45) is 0 Å². The van der Waals surface area contributed by atoms with Crippen LogP contribution in [0.5, 0.6) is 5.75 Å². The molecular formula is C32H37F2N5O2. The minimum atomic E-state index is -1.06. The Labute approximate surface area is 239 Å². The monoisotopic (exact) mass is 561 g/mol. The van der Waals surface area contributed by atoms with Crippen LogP contribution in [-0.4, -0.2) is 63.6 Å². The maximum atomic E-state index is 14.6. The third-order valence-electron chi connectivity index (χ3n) is 8.74. The summed E-state index contributed by atoms with van der Waals surface area (Å²) in [6, 6.07) is 5.21. The third kappa shape index (κ3) is 5.23. The lowest BCUT2D eigenvalue weighted by Crippen LogP contribution is -2.48. The van der Waals surface area contributed by atoms with Gasteiger partial charge in [-0.25, -0.2) is 4.39 Å². The molecule has 41 heavy (non-hydrogen) atoms. The van der Waals surface area contributed by atoms with Gasteiger partial charge in [-0.15, -0.1) is 0 Å². The molecular weight excluding hydrogens is 524 g/mol. The van der Waals surface area contributed by atoms with Crippen LogP contribution < -0.4 is 10.2 Å². The van der Waals surface area contributed by atoms with Crippen molar-refractivity contribution < 1.29 is 13.5 Å². The molecule has 0 N–H and O–H groups in total. The molecule has 6 rings (SSSR count). The van der Waals surface area contributed by atoms with Crippen molar-refractivity contribution >= 4 is 10.9 Å². The van der Waals surface area contributed by atoms with Crippen molar-refractivity contribution in [2.75, 3.05) is 33.3 Å². The molecule has 2 atom stereocenters. The highest BCUT2D eigenvalue weighted by atomic mass is 19.2. The van der Waals surface area contributed by atoms with Crippen molar-refractivity contribution in [1.82, 2.24) is 24.3 Å². The summed E-state index contributed by atoms with van der Waals surface area (Å²) in [5.74, 6) is -2.29. The first-order valence-corrected chi connectivity index (χ1v) is 14.4. The van der Waals surface area contributed by atoms with Crippen LogP contribution in [0.25, 0.3) is 10.9 Å². The molecule has 1 aromatic carbocycles. The Balaban J connectivity index is 1.38. The average Bonchev–Trinajstić information content (AvgIpc) is 2.96. The highest BCUT2D eigenvalue weighted by molar-refractivity contribution is 5.86. The summed E-state index contributed by atoms with van der Waals surface area (Å²) in [5.41, 5.74) is 5.24. The van der Waals surface area contributed by atoms with Gasteiger partial charge in [-0.3, -0.25) is 14.7 Å². The van der Waals surface area contributed by atoms with Gasteiger partial charge >= 0.3 is 0 Å². The zero-order valence-corrected chi connectivity index (χ0v) is 24.2. The number of rotatable bonds is 6. The Morgan fingerprint density at radius 1 is 1.17 bits per heavy atom. The predicted octanol–water partition coefficient (Wildman–Crippen LogP) is 5.14. The van der Waals surface area contributed by atoms with E-state index in [1.807, 2.05) is 36.9 Å². The number of halogens is 2.